The number of nitrogens with zero attached hydrogens (tertiary/aromatic N) is 2. The number of piperazine rings is 1. The fourth-order valence-corrected chi connectivity index (χ4v) is 4.79. The van der Waals surface area contributed by atoms with Crippen molar-refractivity contribution >= 4 is 27.5 Å². The van der Waals surface area contributed by atoms with Crippen molar-refractivity contribution in [1.29, 1.82) is 0 Å². The molecule has 7 nitrogen and oxygen atoms in total. The van der Waals surface area contributed by atoms with Crippen LogP contribution in [0.25, 0.3) is 0 Å². The normalized spacial score (nSPS) is 15.8. The molecule has 0 unspecified atom stereocenters. The lowest BCUT2D eigenvalue weighted by Crippen LogP contribution is -2.47. The second-order valence-electron chi connectivity index (χ2n) is 6.84. The van der Waals surface area contributed by atoms with Gasteiger partial charge in [0.25, 0.3) is 5.91 Å². The van der Waals surface area contributed by atoms with Gasteiger partial charge in [0.2, 0.25) is 10.0 Å². The van der Waals surface area contributed by atoms with E-state index in [2.05, 4.69) is 10.2 Å². The first-order valence-corrected chi connectivity index (χ1v) is 11.0. The summed E-state index contributed by atoms with van der Waals surface area (Å²) in [5, 5.41) is 2.97. The topological polar surface area (TPSA) is 78.9 Å². The zero-order valence-corrected chi connectivity index (χ0v) is 18.0. The van der Waals surface area contributed by atoms with E-state index in [1.165, 1.54) is 22.5 Å². The summed E-state index contributed by atoms with van der Waals surface area (Å²) in [6, 6.07) is 11.6. The molecule has 1 aliphatic heterocycles. The second-order valence-corrected chi connectivity index (χ2v) is 9.19. The number of sulfonamides is 1. The van der Waals surface area contributed by atoms with Gasteiger partial charge in [-0.3, -0.25) is 4.79 Å². The predicted molar refractivity (Wildman–Crippen MR) is 112 cm³/mol. The molecule has 2 aromatic carbocycles. The quantitative estimate of drug-likeness (QED) is 0.749. The maximum absolute atomic E-state index is 13.0. The van der Waals surface area contributed by atoms with Crippen LogP contribution < -0.4 is 10.1 Å². The molecular weight excluding hydrogens is 414 g/mol. The molecule has 1 heterocycles. The molecule has 3 rings (SSSR count). The van der Waals surface area contributed by atoms with Crippen LogP contribution in [0.2, 0.25) is 5.02 Å². The van der Waals surface area contributed by atoms with Crippen molar-refractivity contribution in [2.45, 2.75) is 11.4 Å². The standard InChI is InChI=1S/C20H24ClN3O4S/c1-23-9-11-24(12-10-23)29(26,27)16-7-8-18(21)17(13-16)20(25)22-14-15-5-3-4-6-19(15)28-2/h3-8,13H,9-12,14H2,1-2H3,(H,22,25). The van der Waals surface area contributed by atoms with Crippen molar-refractivity contribution in [1.82, 2.24) is 14.5 Å². The minimum absolute atomic E-state index is 0.0638. The number of benzene rings is 2. The van der Waals surface area contributed by atoms with E-state index in [1.54, 1.807) is 13.2 Å². The highest BCUT2D eigenvalue weighted by molar-refractivity contribution is 7.89. The summed E-state index contributed by atoms with van der Waals surface area (Å²) in [6.45, 7) is 2.39. The Hall–Kier alpha value is -2.13. The van der Waals surface area contributed by atoms with Gasteiger partial charge in [0, 0.05) is 38.3 Å². The van der Waals surface area contributed by atoms with Gasteiger partial charge in [-0.1, -0.05) is 29.8 Å². The number of carbonyl (C=O) groups excluding carboxylic acids is 1. The summed E-state index contributed by atoms with van der Waals surface area (Å²) in [5.41, 5.74) is 0.928. The molecule has 1 aliphatic rings. The number of carbonyl (C=O) groups is 1. The van der Waals surface area contributed by atoms with Crippen molar-refractivity contribution < 1.29 is 17.9 Å². The van der Waals surface area contributed by atoms with Gasteiger partial charge in [0.05, 0.1) is 22.6 Å². The first-order valence-electron chi connectivity index (χ1n) is 9.21. The molecule has 1 fully saturated rings. The molecule has 0 spiro atoms. The van der Waals surface area contributed by atoms with Gasteiger partial charge in [0.1, 0.15) is 5.75 Å². The Kier molecular flexibility index (Phi) is 6.79. The van der Waals surface area contributed by atoms with Gasteiger partial charge in [-0.05, 0) is 31.3 Å². The third kappa shape index (κ3) is 4.90. The van der Waals surface area contributed by atoms with E-state index >= 15 is 0 Å². The highest BCUT2D eigenvalue weighted by Gasteiger charge is 2.28. The molecular formula is C20H24ClN3O4S. The third-order valence-corrected chi connectivity index (χ3v) is 7.14. The lowest BCUT2D eigenvalue weighted by atomic mass is 10.1. The van der Waals surface area contributed by atoms with Crippen LogP contribution in [-0.4, -0.2) is 63.9 Å². The van der Waals surface area contributed by atoms with Gasteiger partial charge in [-0.15, -0.1) is 0 Å². The van der Waals surface area contributed by atoms with Crippen LogP contribution in [-0.2, 0) is 16.6 Å². The Bertz CT molecular complexity index is 989. The summed E-state index contributed by atoms with van der Waals surface area (Å²) in [4.78, 5) is 14.8. The fraction of sp³-hybridized carbons (Fsp3) is 0.350. The number of para-hydroxylation sites is 1. The Labute approximate surface area is 176 Å². The van der Waals surface area contributed by atoms with Crippen molar-refractivity contribution in [2.75, 3.05) is 40.3 Å². The molecule has 0 bridgehead atoms. The van der Waals surface area contributed by atoms with E-state index < -0.39 is 15.9 Å². The van der Waals surface area contributed by atoms with E-state index in [9.17, 15) is 13.2 Å². The van der Waals surface area contributed by atoms with Gasteiger partial charge < -0.3 is 15.0 Å². The highest BCUT2D eigenvalue weighted by Crippen LogP contribution is 2.24. The molecule has 0 aliphatic carbocycles. The lowest BCUT2D eigenvalue weighted by Gasteiger charge is -2.31. The maximum atomic E-state index is 13.0. The SMILES string of the molecule is COc1ccccc1CNC(=O)c1cc(S(=O)(=O)N2CCN(C)CC2)ccc1Cl. The van der Waals surface area contributed by atoms with Crippen LogP contribution in [0.5, 0.6) is 5.75 Å². The zero-order valence-electron chi connectivity index (χ0n) is 16.4. The van der Waals surface area contributed by atoms with Crippen LogP contribution in [0.3, 0.4) is 0 Å². The van der Waals surface area contributed by atoms with Crippen LogP contribution in [0, 0.1) is 0 Å². The minimum atomic E-state index is -3.69. The Balaban J connectivity index is 1.78. The maximum Gasteiger partial charge on any atom is 0.253 e. The number of rotatable bonds is 6. The molecule has 29 heavy (non-hydrogen) atoms. The summed E-state index contributed by atoms with van der Waals surface area (Å²) >= 11 is 6.19. The zero-order chi connectivity index (χ0) is 21.0. The predicted octanol–water partition coefficient (Wildman–Crippen LogP) is 2.21. The Morgan fingerprint density at radius 1 is 1.14 bits per heavy atom. The van der Waals surface area contributed by atoms with Crippen molar-refractivity contribution in [2.24, 2.45) is 0 Å². The number of ether oxygens (including phenoxy) is 1. The van der Waals surface area contributed by atoms with Crippen LogP contribution in [0.15, 0.2) is 47.4 Å². The molecule has 0 atom stereocenters. The molecule has 1 N–H and O–H groups in total. The average molecular weight is 438 g/mol. The molecule has 0 saturated carbocycles. The Morgan fingerprint density at radius 3 is 2.52 bits per heavy atom. The number of nitrogens with one attached hydrogen (secondary N) is 1. The average Bonchev–Trinajstić information content (AvgIpc) is 2.72. The first-order chi connectivity index (χ1) is 13.8. The molecule has 9 heteroatoms. The third-order valence-electron chi connectivity index (χ3n) is 4.91. The van der Waals surface area contributed by atoms with E-state index in [-0.39, 0.29) is 22.0 Å². The summed E-state index contributed by atoms with van der Waals surface area (Å²) in [7, 11) is -0.173. The molecule has 0 radical (unpaired) electrons. The number of methoxy groups -OCH3 is 1. The van der Waals surface area contributed by atoms with E-state index in [0.29, 0.717) is 31.9 Å². The minimum Gasteiger partial charge on any atom is -0.496 e. The second kappa shape index (κ2) is 9.13. The summed E-state index contributed by atoms with van der Waals surface area (Å²) < 4.78 is 32.6. The number of likely N-dealkylation sites (N-methyl/N-ethyl adjacent to an activating group) is 1. The molecule has 1 amide bonds. The van der Waals surface area contributed by atoms with Crippen molar-refractivity contribution in [3.05, 3.63) is 58.6 Å². The van der Waals surface area contributed by atoms with Gasteiger partial charge in [-0.25, -0.2) is 8.42 Å². The van der Waals surface area contributed by atoms with Gasteiger partial charge in [-0.2, -0.15) is 4.31 Å². The molecule has 2 aromatic rings. The number of halogens is 1. The summed E-state index contributed by atoms with van der Waals surface area (Å²) in [5.74, 6) is 0.210. The molecule has 156 valence electrons. The summed E-state index contributed by atoms with van der Waals surface area (Å²) in [6.07, 6.45) is 0. The van der Waals surface area contributed by atoms with Crippen LogP contribution >= 0.6 is 11.6 Å². The number of hydrogen-bond acceptors (Lipinski definition) is 5. The van der Waals surface area contributed by atoms with E-state index in [1.807, 2.05) is 25.2 Å². The molecule has 0 aromatic heterocycles. The van der Waals surface area contributed by atoms with Crippen molar-refractivity contribution in [3.63, 3.8) is 0 Å². The monoisotopic (exact) mass is 437 g/mol. The fourth-order valence-electron chi connectivity index (χ4n) is 3.14. The van der Waals surface area contributed by atoms with E-state index in [4.69, 9.17) is 16.3 Å². The van der Waals surface area contributed by atoms with Crippen molar-refractivity contribution in [3.8, 4) is 5.75 Å². The number of amides is 1. The van der Waals surface area contributed by atoms with Gasteiger partial charge >= 0.3 is 0 Å². The van der Waals surface area contributed by atoms with Crippen LogP contribution in [0.1, 0.15) is 15.9 Å². The smallest absolute Gasteiger partial charge is 0.253 e. The first kappa shape index (κ1) is 21.6. The molecule has 1 saturated heterocycles. The lowest BCUT2D eigenvalue weighted by molar-refractivity contribution is 0.0950. The van der Waals surface area contributed by atoms with E-state index in [0.717, 1.165) is 5.56 Å². The number of hydrogen-bond donors (Lipinski definition) is 1. The largest absolute Gasteiger partial charge is 0.496 e. The van der Waals surface area contributed by atoms with Gasteiger partial charge in [0.15, 0.2) is 0 Å². The highest BCUT2D eigenvalue weighted by atomic mass is 35.5. The van der Waals surface area contributed by atoms with Crippen LogP contribution in [0.4, 0.5) is 0 Å². The Morgan fingerprint density at radius 2 is 1.83 bits per heavy atom.